The number of halogens is 1. The number of aryl methyl sites for hydroxylation is 2. The number of rotatable bonds is 2. The zero-order chi connectivity index (χ0) is 12.6. The maximum absolute atomic E-state index is 5.93. The molecule has 2 N–H and O–H groups in total. The lowest BCUT2D eigenvalue weighted by molar-refractivity contribution is 0.830. The van der Waals surface area contributed by atoms with Gasteiger partial charge in [0, 0.05) is 10.6 Å². The van der Waals surface area contributed by atoms with Crippen molar-refractivity contribution in [3.05, 3.63) is 40.4 Å². The summed E-state index contributed by atoms with van der Waals surface area (Å²) in [6.07, 6.45) is 0. The van der Waals surface area contributed by atoms with Gasteiger partial charge in [0.05, 0.1) is 5.69 Å². The highest BCUT2D eigenvalue weighted by atomic mass is 35.5. The zero-order valence-corrected chi connectivity index (χ0v) is 11.0. The minimum atomic E-state index is 0.287. The molecule has 0 unspecified atom stereocenters. The SMILES string of the molecule is Cc1nc(C)n(-c2ccc(Cl)cc2C(N)=S)n1. The second-order valence-corrected chi connectivity index (χ2v) is 4.52. The van der Waals surface area contributed by atoms with Crippen molar-refractivity contribution in [1.29, 1.82) is 0 Å². The van der Waals surface area contributed by atoms with Crippen molar-refractivity contribution >= 4 is 28.8 Å². The van der Waals surface area contributed by atoms with Crippen LogP contribution in [0.5, 0.6) is 0 Å². The van der Waals surface area contributed by atoms with Gasteiger partial charge in [0.1, 0.15) is 16.6 Å². The van der Waals surface area contributed by atoms with Gasteiger partial charge in [-0.05, 0) is 32.0 Å². The highest BCUT2D eigenvalue weighted by Crippen LogP contribution is 2.20. The van der Waals surface area contributed by atoms with E-state index in [-0.39, 0.29) is 4.99 Å². The fourth-order valence-corrected chi connectivity index (χ4v) is 1.98. The first-order valence-corrected chi connectivity index (χ1v) is 5.77. The maximum atomic E-state index is 5.93. The first-order valence-electron chi connectivity index (χ1n) is 4.99. The van der Waals surface area contributed by atoms with Crippen LogP contribution in [0.3, 0.4) is 0 Å². The van der Waals surface area contributed by atoms with Crippen LogP contribution in [0, 0.1) is 13.8 Å². The molecular formula is C11H11ClN4S. The average Bonchev–Trinajstić information content (AvgIpc) is 2.57. The number of aromatic nitrogens is 3. The predicted octanol–water partition coefficient (Wildman–Crippen LogP) is 2.17. The molecule has 2 aromatic rings. The van der Waals surface area contributed by atoms with Gasteiger partial charge in [-0.25, -0.2) is 9.67 Å². The Balaban J connectivity index is 2.67. The molecule has 0 aliphatic heterocycles. The van der Waals surface area contributed by atoms with Gasteiger partial charge in [-0.3, -0.25) is 0 Å². The molecule has 0 saturated heterocycles. The quantitative estimate of drug-likeness (QED) is 0.847. The van der Waals surface area contributed by atoms with Crippen molar-refractivity contribution in [2.24, 2.45) is 5.73 Å². The summed E-state index contributed by atoms with van der Waals surface area (Å²) in [6, 6.07) is 5.34. The van der Waals surface area contributed by atoms with Crippen molar-refractivity contribution in [3.63, 3.8) is 0 Å². The Labute approximate surface area is 109 Å². The van der Waals surface area contributed by atoms with E-state index in [4.69, 9.17) is 29.6 Å². The van der Waals surface area contributed by atoms with Crippen LogP contribution in [-0.4, -0.2) is 19.8 Å². The van der Waals surface area contributed by atoms with E-state index in [1.165, 1.54) is 0 Å². The van der Waals surface area contributed by atoms with Crippen molar-refractivity contribution < 1.29 is 0 Å². The molecule has 0 bridgehead atoms. The topological polar surface area (TPSA) is 56.7 Å². The van der Waals surface area contributed by atoms with E-state index in [0.717, 1.165) is 11.5 Å². The van der Waals surface area contributed by atoms with E-state index in [0.29, 0.717) is 16.4 Å². The largest absolute Gasteiger partial charge is 0.389 e. The molecule has 6 heteroatoms. The van der Waals surface area contributed by atoms with Crippen LogP contribution in [0.15, 0.2) is 18.2 Å². The molecule has 1 aromatic heterocycles. The molecule has 0 atom stereocenters. The average molecular weight is 267 g/mol. The third kappa shape index (κ3) is 2.30. The number of nitrogens with zero attached hydrogens (tertiary/aromatic N) is 3. The highest BCUT2D eigenvalue weighted by molar-refractivity contribution is 7.80. The lowest BCUT2D eigenvalue weighted by Gasteiger charge is -2.09. The molecule has 4 nitrogen and oxygen atoms in total. The van der Waals surface area contributed by atoms with Crippen molar-refractivity contribution in [2.45, 2.75) is 13.8 Å². The van der Waals surface area contributed by atoms with E-state index in [9.17, 15) is 0 Å². The number of hydrogen-bond donors (Lipinski definition) is 1. The zero-order valence-electron chi connectivity index (χ0n) is 9.44. The smallest absolute Gasteiger partial charge is 0.148 e. The Hall–Kier alpha value is -1.46. The summed E-state index contributed by atoms with van der Waals surface area (Å²) >= 11 is 10.9. The molecule has 88 valence electrons. The Kier molecular flexibility index (Phi) is 3.13. The van der Waals surface area contributed by atoms with Gasteiger partial charge >= 0.3 is 0 Å². The lowest BCUT2D eigenvalue weighted by atomic mass is 10.2. The molecule has 17 heavy (non-hydrogen) atoms. The molecule has 0 fully saturated rings. The van der Waals surface area contributed by atoms with E-state index in [2.05, 4.69) is 10.1 Å². The standard InChI is InChI=1S/C11H11ClN4S/c1-6-14-7(2)16(15-6)10-4-3-8(12)5-9(10)11(13)17/h3-5H,1-2H3,(H2,13,17). The summed E-state index contributed by atoms with van der Waals surface area (Å²) in [6.45, 7) is 3.71. The second kappa shape index (κ2) is 4.43. The van der Waals surface area contributed by atoms with Crippen LogP contribution < -0.4 is 5.73 Å². The van der Waals surface area contributed by atoms with Crippen molar-refractivity contribution in [2.75, 3.05) is 0 Å². The van der Waals surface area contributed by atoms with Crippen LogP contribution in [0.2, 0.25) is 5.02 Å². The van der Waals surface area contributed by atoms with E-state index in [1.807, 2.05) is 19.9 Å². The van der Waals surface area contributed by atoms with Crippen LogP contribution in [-0.2, 0) is 0 Å². The Morgan fingerprint density at radius 1 is 1.41 bits per heavy atom. The molecule has 0 aliphatic carbocycles. The number of nitrogens with two attached hydrogens (primary N) is 1. The van der Waals surface area contributed by atoms with Gasteiger partial charge in [0.15, 0.2) is 0 Å². The first kappa shape index (κ1) is 12.0. The van der Waals surface area contributed by atoms with Crippen LogP contribution in [0.25, 0.3) is 5.69 Å². The summed E-state index contributed by atoms with van der Waals surface area (Å²) in [5, 5.41) is 4.89. The predicted molar refractivity (Wildman–Crippen MR) is 71.7 cm³/mol. The normalized spacial score (nSPS) is 10.5. The summed E-state index contributed by atoms with van der Waals surface area (Å²) in [4.78, 5) is 4.53. The van der Waals surface area contributed by atoms with E-state index >= 15 is 0 Å². The number of thiocarbonyl (C=S) groups is 1. The Bertz CT molecular complexity index is 591. The molecule has 1 aromatic carbocycles. The number of benzene rings is 1. The summed E-state index contributed by atoms with van der Waals surface area (Å²) in [7, 11) is 0. The lowest BCUT2D eigenvalue weighted by Crippen LogP contribution is -2.14. The summed E-state index contributed by atoms with van der Waals surface area (Å²) in [5.41, 5.74) is 7.18. The molecule has 0 saturated carbocycles. The van der Waals surface area contributed by atoms with Gasteiger partial charge in [0.25, 0.3) is 0 Å². The monoisotopic (exact) mass is 266 g/mol. The summed E-state index contributed by atoms with van der Waals surface area (Å²) < 4.78 is 1.71. The van der Waals surface area contributed by atoms with Gasteiger partial charge in [-0.15, -0.1) is 0 Å². The van der Waals surface area contributed by atoms with Crippen LogP contribution in [0.1, 0.15) is 17.2 Å². The molecule has 0 aliphatic rings. The molecular weight excluding hydrogens is 256 g/mol. The summed E-state index contributed by atoms with van der Waals surface area (Å²) in [5.74, 6) is 1.48. The Morgan fingerprint density at radius 2 is 2.12 bits per heavy atom. The van der Waals surface area contributed by atoms with Crippen molar-refractivity contribution in [3.8, 4) is 5.69 Å². The number of hydrogen-bond acceptors (Lipinski definition) is 3. The molecule has 2 rings (SSSR count). The maximum Gasteiger partial charge on any atom is 0.148 e. The molecule has 1 heterocycles. The van der Waals surface area contributed by atoms with Gasteiger partial charge in [-0.2, -0.15) is 5.10 Å². The molecule has 0 amide bonds. The molecule has 0 radical (unpaired) electrons. The minimum absolute atomic E-state index is 0.287. The van der Waals surface area contributed by atoms with Crippen LogP contribution in [0.4, 0.5) is 0 Å². The van der Waals surface area contributed by atoms with Gasteiger partial charge in [0.2, 0.25) is 0 Å². The van der Waals surface area contributed by atoms with Gasteiger partial charge in [-0.1, -0.05) is 23.8 Å². The van der Waals surface area contributed by atoms with E-state index < -0.39 is 0 Å². The third-order valence-corrected chi connectivity index (χ3v) is 2.78. The van der Waals surface area contributed by atoms with Crippen molar-refractivity contribution in [1.82, 2.24) is 14.8 Å². The molecule has 0 spiro atoms. The second-order valence-electron chi connectivity index (χ2n) is 3.64. The van der Waals surface area contributed by atoms with Gasteiger partial charge < -0.3 is 5.73 Å². The third-order valence-electron chi connectivity index (χ3n) is 2.33. The van der Waals surface area contributed by atoms with Crippen LogP contribution >= 0.6 is 23.8 Å². The first-order chi connectivity index (χ1) is 7.99. The highest BCUT2D eigenvalue weighted by Gasteiger charge is 2.12. The fourth-order valence-electron chi connectivity index (χ4n) is 1.64. The Morgan fingerprint density at radius 3 is 2.65 bits per heavy atom. The minimum Gasteiger partial charge on any atom is -0.389 e. The van der Waals surface area contributed by atoms with E-state index in [1.54, 1.807) is 16.8 Å². The fraction of sp³-hybridized carbons (Fsp3) is 0.182.